The maximum atomic E-state index is 10.3. The first-order valence-electron chi connectivity index (χ1n) is 7.85. The summed E-state index contributed by atoms with van der Waals surface area (Å²) in [5.41, 5.74) is 0.950. The molecule has 2 nitrogen and oxygen atoms in total. The minimum atomic E-state index is -0.455. The molecule has 3 heteroatoms. The number of aliphatic hydroxyl groups is 1. The van der Waals surface area contributed by atoms with Crippen molar-refractivity contribution >= 4 is 12.6 Å². The van der Waals surface area contributed by atoms with Gasteiger partial charge in [-0.25, -0.2) is 0 Å². The van der Waals surface area contributed by atoms with Crippen LogP contribution in [0.5, 0.6) is 0 Å². The molecule has 1 aromatic carbocycles. The summed E-state index contributed by atoms with van der Waals surface area (Å²) in [4.78, 5) is 0.925. The lowest BCUT2D eigenvalue weighted by Gasteiger charge is -2.20. The summed E-state index contributed by atoms with van der Waals surface area (Å²) >= 11 is 4.26. The van der Waals surface area contributed by atoms with Gasteiger partial charge < -0.3 is 10.4 Å². The monoisotopic (exact) mass is 295 g/mol. The second-order valence-electron chi connectivity index (χ2n) is 5.55. The van der Waals surface area contributed by atoms with E-state index in [9.17, 15) is 5.11 Å². The quantitative estimate of drug-likeness (QED) is 0.443. The molecule has 0 radical (unpaired) electrons. The average molecular weight is 295 g/mol. The third-order valence-corrected chi connectivity index (χ3v) is 4.00. The molecule has 0 amide bonds. The fourth-order valence-corrected chi connectivity index (χ4v) is 2.46. The molecule has 2 atom stereocenters. The summed E-state index contributed by atoms with van der Waals surface area (Å²) in [6.07, 6.45) is 7.35. The topological polar surface area (TPSA) is 32.3 Å². The number of aliphatic hydroxyl groups excluding tert-OH is 1. The molecule has 0 heterocycles. The van der Waals surface area contributed by atoms with Gasteiger partial charge in [-0.15, -0.1) is 12.6 Å². The lowest BCUT2D eigenvalue weighted by molar-refractivity contribution is 0.136. The van der Waals surface area contributed by atoms with Crippen LogP contribution in [0.25, 0.3) is 0 Å². The van der Waals surface area contributed by atoms with Crippen molar-refractivity contribution in [3.8, 4) is 0 Å². The fraction of sp³-hybridized carbons (Fsp3) is 0.647. The number of hydrogen-bond acceptors (Lipinski definition) is 3. The molecule has 0 bridgehead atoms. The second-order valence-corrected chi connectivity index (χ2v) is 6.06. The predicted molar refractivity (Wildman–Crippen MR) is 89.5 cm³/mol. The molecule has 114 valence electrons. The summed E-state index contributed by atoms with van der Waals surface area (Å²) in [5, 5.41) is 13.7. The van der Waals surface area contributed by atoms with Crippen molar-refractivity contribution < 1.29 is 5.11 Å². The van der Waals surface area contributed by atoms with Crippen LogP contribution in [0.2, 0.25) is 0 Å². The second kappa shape index (κ2) is 10.3. The van der Waals surface area contributed by atoms with E-state index >= 15 is 0 Å². The van der Waals surface area contributed by atoms with Crippen molar-refractivity contribution in [3.63, 3.8) is 0 Å². The number of rotatable bonds is 10. The molecule has 0 saturated carbocycles. The van der Waals surface area contributed by atoms with Gasteiger partial charge in [0.05, 0.1) is 6.10 Å². The molecular formula is C17H29NOS. The highest BCUT2D eigenvalue weighted by Crippen LogP contribution is 2.18. The fourth-order valence-electron chi connectivity index (χ4n) is 2.31. The Kier molecular flexibility index (Phi) is 8.99. The van der Waals surface area contributed by atoms with Gasteiger partial charge in [0.15, 0.2) is 0 Å². The minimum Gasteiger partial charge on any atom is -0.387 e. The summed E-state index contributed by atoms with van der Waals surface area (Å²) in [7, 11) is 0. The molecule has 2 unspecified atom stereocenters. The molecule has 0 aromatic heterocycles. The lowest BCUT2D eigenvalue weighted by Crippen LogP contribution is -2.32. The highest BCUT2D eigenvalue weighted by atomic mass is 32.1. The van der Waals surface area contributed by atoms with Crippen LogP contribution in [0.15, 0.2) is 29.2 Å². The predicted octanol–water partition coefficient (Wildman–Crippen LogP) is 4.35. The molecule has 0 aliphatic rings. The van der Waals surface area contributed by atoms with Gasteiger partial charge in [0.25, 0.3) is 0 Å². The summed E-state index contributed by atoms with van der Waals surface area (Å²) in [6.45, 7) is 5.26. The molecule has 0 spiro atoms. The summed E-state index contributed by atoms with van der Waals surface area (Å²) < 4.78 is 0. The zero-order valence-electron chi connectivity index (χ0n) is 12.8. The van der Waals surface area contributed by atoms with Gasteiger partial charge in [-0.1, -0.05) is 51.2 Å². The van der Waals surface area contributed by atoms with Gasteiger partial charge in [-0.3, -0.25) is 0 Å². The van der Waals surface area contributed by atoms with E-state index in [0.717, 1.165) is 17.0 Å². The number of hydrogen-bond donors (Lipinski definition) is 3. The van der Waals surface area contributed by atoms with E-state index in [4.69, 9.17) is 0 Å². The van der Waals surface area contributed by atoms with Crippen LogP contribution in [0.3, 0.4) is 0 Å². The van der Waals surface area contributed by atoms with E-state index < -0.39 is 6.10 Å². The molecule has 0 aliphatic heterocycles. The number of nitrogens with one attached hydrogen (secondary N) is 1. The Morgan fingerprint density at radius 1 is 1.05 bits per heavy atom. The van der Waals surface area contributed by atoms with Crippen LogP contribution in [0.1, 0.15) is 64.0 Å². The average Bonchev–Trinajstić information content (AvgIpc) is 2.46. The third-order valence-electron chi connectivity index (χ3n) is 3.70. The molecule has 20 heavy (non-hydrogen) atoms. The van der Waals surface area contributed by atoms with Gasteiger partial charge in [0, 0.05) is 10.9 Å². The zero-order chi connectivity index (χ0) is 14.8. The maximum absolute atomic E-state index is 10.3. The van der Waals surface area contributed by atoms with E-state index in [0.29, 0.717) is 0 Å². The van der Waals surface area contributed by atoms with Crippen LogP contribution in [-0.4, -0.2) is 17.7 Å². The Morgan fingerprint density at radius 3 is 2.30 bits per heavy atom. The van der Waals surface area contributed by atoms with Gasteiger partial charge >= 0.3 is 0 Å². The highest BCUT2D eigenvalue weighted by Gasteiger charge is 2.15. The van der Waals surface area contributed by atoms with Crippen molar-refractivity contribution in [1.29, 1.82) is 0 Å². The van der Waals surface area contributed by atoms with E-state index in [-0.39, 0.29) is 6.04 Å². The van der Waals surface area contributed by atoms with Crippen molar-refractivity contribution in [2.75, 3.05) is 6.54 Å². The van der Waals surface area contributed by atoms with Crippen molar-refractivity contribution in [2.24, 2.45) is 0 Å². The Morgan fingerprint density at radius 2 is 1.65 bits per heavy atom. The van der Waals surface area contributed by atoms with E-state index in [1.165, 1.54) is 38.5 Å². The SMILES string of the molecule is CCCCCCCCNC(C)C(O)c1ccc(S)cc1. The van der Waals surface area contributed by atoms with E-state index in [2.05, 4.69) is 24.9 Å². The van der Waals surface area contributed by atoms with Gasteiger partial charge in [-0.05, 0) is 37.6 Å². The first-order valence-corrected chi connectivity index (χ1v) is 8.30. The van der Waals surface area contributed by atoms with Crippen molar-refractivity contribution in [1.82, 2.24) is 5.32 Å². The zero-order valence-corrected chi connectivity index (χ0v) is 13.7. The van der Waals surface area contributed by atoms with Gasteiger partial charge in [-0.2, -0.15) is 0 Å². The molecule has 0 fully saturated rings. The number of benzene rings is 1. The number of thiol groups is 1. The third kappa shape index (κ3) is 6.78. The smallest absolute Gasteiger partial charge is 0.0940 e. The lowest BCUT2D eigenvalue weighted by atomic mass is 10.0. The minimum absolute atomic E-state index is 0.0800. The maximum Gasteiger partial charge on any atom is 0.0940 e. The summed E-state index contributed by atoms with van der Waals surface area (Å²) in [5.74, 6) is 0. The first-order chi connectivity index (χ1) is 9.65. The Labute approximate surface area is 129 Å². The standard InChI is InChI=1S/C17H29NOS/c1-3-4-5-6-7-8-13-18-14(2)17(19)15-9-11-16(20)12-10-15/h9-12,14,17-20H,3-8,13H2,1-2H3. The summed E-state index contributed by atoms with van der Waals surface area (Å²) in [6, 6.07) is 7.80. The van der Waals surface area contributed by atoms with Crippen molar-refractivity contribution in [3.05, 3.63) is 29.8 Å². The molecule has 0 aliphatic carbocycles. The Balaban J connectivity index is 2.18. The van der Waals surface area contributed by atoms with E-state index in [1.807, 2.05) is 31.2 Å². The molecule has 0 saturated heterocycles. The molecule has 1 aromatic rings. The van der Waals surface area contributed by atoms with Crippen LogP contribution < -0.4 is 5.32 Å². The van der Waals surface area contributed by atoms with E-state index in [1.54, 1.807) is 0 Å². The van der Waals surface area contributed by atoms with Gasteiger partial charge in [0.1, 0.15) is 0 Å². The van der Waals surface area contributed by atoms with Crippen LogP contribution in [0, 0.1) is 0 Å². The van der Waals surface area contributed by atoms with Crippen LogP contribution >= 0.6 is 12.6 Å². The first kappa shape index (κ1) is 17.5. The van der Waals surface area contributed by atoms with Crippen molar-refractivity contribution in [2.45, 2.75) is 69.4 Å². The normalized spacial score (nSPS) is 14.2. The van der Waals surface area contributed by atoms with Gasteiger partial charge in [0.2, 0.25) is 0 Å². The Hall–Kier alpha value is -0.510. The van der Waals surface area contributed by atoms with Crippen LogP contribution in [0.4, 0.5) is 0 Å². The highest BCUT2D eigenvalue weighted by molar-refractivity contribution is 7.80. The molecule has 2 N–H and O–H groups in total. The number of unbranched alkanes of at least 4 members (excludes halogenated alkanes) is 5. The molecule has 1 rings (SSSR count). The molecular weight excluding hydrogens is 266 g/mol. The van der Waals surface area contributed by atoms with Crippen LogP contribution in [-0.2, 0) is 0 Å². The largest absolute Gasteiger partial charge is 0.387 e. The Bertz CT molecular complexity index is 353.